The van der Waals surface area contributed by atoms with Crippen LogP contribution in [0.15, 0.2) is 48.5 Å². The lowest BCUT2D eigenvalue weighted by Gasteiger charge is -2.19. The van der Waals surface area contributed by atoms with Crippen molar-refractivity contribution in [2.45, 2.75) is 31.7 Å². The van der Waals surface area contributed by atoms with Crippen LogP contribution in [0, 0.1) is 6.92 Å². The van der Waals surface area contributed by atoms with Gasteiger partial charge in [-0.1, -0.05) is 53.6 Å². The Kier molecular flexibility index (Phi) is 5.33. The number of carbonyl (C=O) groups excluding carboxylic acids is 2. The Bertz CT molecular complexity index is 795. The Morgan fingerprint density at radius 1 is 1.08 bits per heavy atom. The summed E-state index contributed by atoms with van der Waals surface area (Å²) in [5, 5.41) is 0.630. The Morgan fingerprint density at radius 3 is 2.27 bits per heavy atom. The summed E-state index contributed by atoms with van der Waals surface area (Å²) in [5.41, 5.74) is 2.50. The van der Waals surface area contributed by atoms with Crippen LogP contribution in [0.5, 0.6) is 0 Å². The van der Waals surface area contributed by atoms with E-state index < -0.39 is 5.41 Å². The van der Waals surface area contributed by atoms with Gasteiger partial charge in [0, 0.05) is 18.6 Å². The number of likely N-dealkylation sites (N-methyl/N-ethyl adjacent to an activating group) is 1. The molecule has 0 aliphatic heterocycles. The van der Waals surface area contributed by atoms with Crippen LogP contribution in [0.4, 0.5) is 0 Å². The van der Waals surface area contributed by atoms with Gasteiger partial charge in [-0.05, 0) is 43.0 Å². The zero-order chi connectivity index (χ0) is 18.7. The predicted molar refractivity (Wildman–Crippen MR) is 101 cm³/mol. The molecular formula is C21H22ClNO3. The average Bonchev–Trinajstić information content (AvgIpc) is 3.43. The van der Waals surface area contributed by atoms with Crippen molar-refractivity contribution >= 4 is 23.5 Å². The van der Waals surface area contributed by atoms with Crippen LogP contribution in [0.25, 0.3) is 0 Å². The number of rotatable bonds is 6. The van der Waals surface area contributed by atoms with E-state index in [1.165, 1.54) is 5.56 Å². The van der Waals surface area contributed by atoms with Gasteiger partial charge in [-0.2, -0.15) is 0 Å². The Labute approximate surface area is 158 Å². The summed E-state index contributed by atoms with van der Waals surface area (Å²) in [6.07, 6.45) is 1.47. The van der Waals surface area contributed by atoms with Crippen molar-refractivity contribution in [2.75, 3.05) is 13.7 Å². The summed E-state index contributed by atoms with van der Waals surface area (Å²) < 4.78 is 5.33. The highest BCUT2D eigenvalue weighted by molar-refractivity contribution is 6.30. The Balaban J connectivity index is 1.54. The summed E-state index contributed by atoms with van der Waals surface area (Å²) in [7, 11) is 1.71. The molecule has 0 spiro atoms. The molecule has 26 heavy (non-hydrogen) atoms. The normalized spacial score (nSPS) is 14.6. The average molecular weight is 372 g/mol. The van der Waals surface area contributed by atoms with Gasteiger partial charge in [0.1, 0.15) is 0 Å². The standard InChI is InChI=1S/C21H22ClNO3/c1-15-3-5-16(6-4-15)13-23(2)19(24)14-26-20(25)21(11-12-21)17-7-9-18(22)10-8-17/h3-10H,11-14H2,1-2H3. The molecule has 0 saturated heterocycles. The van der Waals surface area contributed by atoms with E-state index in [4.69, 9.17) is 16.3 Å². The van der Waals surface area contributed by atoms with Crippen LogP contribution in [-0.4, -0.2) is 30.4 Å². The monoisotopic (exact) mass is 371 g/mol. The summed E-state index contributed by atoms with van der Waals surface area (Å²) in [4.78, 5) is 26.4. The molecule has 1 saturated carbocycles. The van der Waals surface area contributed by atoms with E-state index in [0.717, 1.165) is 24.0 Å². The van der Waals surface area contributed by atoms with Crippen molar-refractivity contribution in [1.29, 1.82) is 0 Å². The topological polar surface area (TPSA) is 46.6 Å². The van der Waals surface area contributed by atoms with Crippen molar-refractivity contribution in [1.82, 2.24) is 4.90 Å². The number of amides is 1. The molecule has 3 rings (SSSR count). The molecular weight excluding hydrogens is 350 g/mol. The largest absolute Gasteiger partial charge is 0.455 e. The fourth-order valence-corrected chi connectivity index (χ4v) is 3.06. The number of benzene rings is 2. The third-order valence-corrected chi connectivity index (χ3v) is 5.08. The minimum atomic E-state index is -0.611. The maximum atomic E-state index is 12.5. The van der Waals surface area contributed by atoms with Crippen LogP contribution in [0.2, 0.25) is 5.02 Å². The predicted octanol–water partition coefficient (Wildman–Crippen LogP) is 3.88. The number of halogens is 1. The molecule has 1 fully saturated rings. The summed E-state index contributed by atoms with van der Waals surface area (Å²) in [6.45, 7) is 2.27. The molecule has 2 aromatic rings. The number of nitrogens with zero attached hydrogens (tertiary/aromatic N) is 1. The first-order valence-electron chi connectivity index (χ1n) is 8.63. The lowest BCUT2D eigenvalue weighted by atomic mass is 9.96. The van der Waals surface area contributed by atoms with Gasteiger partial charge < -0.3 is 9.64 Å². The van der Waals surface area contributed by atoms with Gasteiger partial charge in [0.25, 0.3) is 5.91 Å². The third kappa shape index (κ3) is 4.07. The van der Waals surface area contributed by atoms with Crippen LogP contribution in [-0.2, 0) is 26.3 Å². The molecule has 0 heterocycles. The van der Waals surface area contributed by atoms with Crippen molar-refractivity contribution < 1.29 is 14.3 Å². The number of esters is 1. The lowest BCUT2D eigenvalue weighted by Crippen LogP contribution is -2.33. The van der Waals surface area contributed by atoms with E-state index in [9.17, 15) is 9.59 Å². The number of hydrogen-bond donors (Lipinski definition) is 0. The lowest BCUT2D eigenvalue weighted by molar-refractivity contribution is -0.154. The SMILES string of the molecule is Cc1ccc(CN(C)C(=O)COC(=O)C2(c3ccc(Cl)cc3)CC2)cc1. The molecule has 1 aliphatic carbocycles. The van der Waals surface area contributed by atoms with E-state index in [1.807, 2.05) is 43.3 Å². The molecule has 0 atom stereocenters. The second-order valence-corrected chi connectivity index (χ2v) is 7.34. The first kappa shape index (κ1) is 18.5. The number of ether oxygens (including phenoxy) is 1. The molecule has 0 N–H and O–H groups in total. The number of hydrogen-bond acceptors (Lipinski definition) is 3. The van der Waals surface area contributed by atoms with Crippen LogP contribution >= 0.6 is 11.6 Å². The molecule has 2 aromatic carbocycles. The Morgan fingerprint density at radius 2 is 1.69 bits per heavy atom. The minimum Gasteiger partial charge on any atom is -0.455 e. The van der Waals surface area contributed by atoms with Gasteiger partial charge in [0.05, 0.1) is 5.41 Å². The summed E-state index contributed by atoms with van der Waals surface area (Å²) >= 11 is 5.91. The molecule has 5 heteroatoms. The molecule has 1 aliphatic rings. The summed E-state index contributed by atoms with van der Waals surface area (Å²) in [5.74, 6) is -0.553. The van der Waals surface area contributed by atoms with Crippen molar-refractivity contribution in [3.05, 3.63) is 70.2 Å². The van der Waals surface area contributed by atoms with E-state index in [1.54, 1.807) is 24.1 Å². The third-order valence-electron chi connectivity index (χ3n) is 4.83. The van der Waals surface area contributed by atoms with E-state index in [2.05, 4.69) is 0 Å². The van der Waals surface area contributed by atoms with Gasteiger partial charge in [0.15, 0.2) is 6.61 Å². The molecule has 1 amide bonds. The van der Waals surface area contributed by atoms with Crippen molar-refractivity contribution in [3.63, 3.8) is 0 Å². The molecule has 4 nitrogen and oxygen atoms in total. The molecule has 136 valence electrons. The zero-order valence-electron chi connectivity index (χ0n) is 15.0. The first-order chi connectivity index (χ1) is 12.4. The van der Waals surface area contributed by atoms with Gasteiger partial charge in [-0.15, -0.1) is 0 Å². The molecule has 0 aromatic heterocycles. The smallest absolute Gasteiger partial charge is 0.317 e. The molecule has 0 unspecified atom stereocenters. The van der Waals surface area contributed by atoms with Gasteiger partial charge >= 0.3 is 5.97 Å². The van der Waals surface area contributed by atoms with Gasteiger partial charge in [0.2, 0.25) is 0 Å². The number of carbonyl (C=O) groups is 2. The highest BCUT2D eigenvalue weighted by Gasteiger charge is 2.52. The van der Waals surface area contributed by atoms with Crippen LogP contribution in [0.3, 0.4) is 0 Å². The maximum Gasteiger partial charge on any atom is 0.317 e. The summed E-state index contributed by atoms with van der Waals surface area (Å²) in [6, 6.07) is 15.2. The van der Waals surface area contributed by atoms with Crippen LogP contribution in [0.1, 0.15) is 29.5 Å². The van der Waals surface area contributed by atoms with Gasteiger partial charge in [-0.3, -0.25) is 9.59 Å². The maximum absolute atomic E-state index is 12.5. The second-order valence-electron chi connectivity index (χ2n) is 6.90. The highest BCUT2D eigenvalue weighted by Crippen LogP contribution is 2.49. The fraction of sp³-hybridized carbons (Fsp3) is 0.333. The molecule has 0 radical (unpaired) electrons. The second kappa shape index (κ2) is 7.50. The van der Waals surface area contributed by atoms with Crippen molar-refractivity contribution in [2.24, 2.45) is 0 Å². The number of aryl methyl sites for hydroxylation is 1. The van der Waals surface area contributed by atoms with Crippen molar-refractivity contribution in [3.8, 4) is 0 Å². The molecule has 0 bridgehead atoms. The fourth-order valence-electron chi connectivity index (χ4n) is 2.94. The van der Waals surface area contributed by atoms with Crippen LogP contribution < -0.4 is 0 Å². The Hall–Kier alpha value is -2.33. The first-order valence-corrected chi connectivity index (χ1v) is 9.01. The van der Waals surface area contributed by atoms with Gasteiger partial charge in [-0.25, -0.2) is 0 Å². The van der Waals surface area contributed by atoms with E-state index in [-0.39, 0.29) is 18.5 Å². The quantitative estimate of drug-likeness (QED) is 0.724. The van der Waals surface area contributed by atoms with E-state index in [0.29, 0.717) is 11.6 Å². The zero-order valence-corrected chi connectivity index (χ0v) is 15.8. The highest BCUT2D eigenvalue weighted by atomic mass is 35.5. The van der Waals surface area contributed by atoms with E-state index >= 15 is 0 Å². The minimum absolute atomic E-state index is 0.217.